The predicted molar refractivity (Wildman–Crippen MR) is 74.8 cm³/mol. The average Bonchev–Trinajstić information content (AvgIpc) is 2.46. The van der Waals surface area contributed by atoms with Crippen LogP contribution in [0, 0.1) is 5.41 Å². The lowest BCUT2D eigenvalue weighted by Crippen LogP contribution is -2.45. The fraction of sp³-hybridized carbons (Fsp3) is 0.667. The van der Waals surface area contributed by atoms with Gasteiger partial charge < -0.3 is 9.84 Å². The van der Waals surface area contributed by atoms with Gasteiger partial charge >= 0.3 is 0 Å². The summed E-state index contributed by atoms with van der Waals surface area (Å²) in [7, 11) is 1.72. The Bertz CT molecular complexity index is 372. The molecule has 2 rings (SSSR count). The van der Waals surface area contributed by atoms with E-state index < -0.39 is 0 Å². The van der Waals surface area contributed by atoms with Crippen molar-refractivity contribution in [2.75, 3.05) is 33.4 Å². The zero-order valence-corrected chi connectivity index (χ0v) is 11.7. The van der Waals surface area contributed by atoms with Crippen LogP contribution in [-0.4, -0.2) is 48.4 Å². The van der Waals surface area contributed by atoms with E-state index in [2.05, 4.69) is 22.0 Å². The molecule has 0 aliphatic carbocycles. The summed E-state index contributed by atoms with van der Waals surface area (Å²) in [5, 5.41) is 9.76. The Labute approximate surface area is 115 Å². The van der Waals surface area contributed by atoms with Crippen molar-refractivity contribution in [2.45, 2.75) is 25.8 Å². The number of aliphatic hydroxyl groups excluding tert-OH is 1. The van der Waals surface area contributed by atoms with E-state index >= 15 is 0 Å². The summed E-state index contributed by atoms with van der Waals surface area (Å²) in [6.07, 6.45) is 6.86. The molecule has 2 heterocycles. The number of aromatic nitrogens is 1. The number of nitrogens with zero attached hydrogens (tertiary/aromatic N) is 2. The van der Waals surface area contributed by atoms with Gasteiger partial charge in [0, 0.05) is 44.6 Å². The number of piperidine rings is 1. The van der Waals surface area contributed by atoms with E-state index in [0.29, 0.717) is 0 Å². The van der Waals surface area contributed by atoms with Gasteiger partial charge in [0.1, 0.15) is 0 Å². The molecule has 0 spiro atoms. The highest BCUT2D eigenvalue weighted by atomic mass is 16.5. The summed E-state index contributed by atoms with van der Waals surface area (Å²) in [4.78, 5) is 6.48. The van der Waals surface area contributed by atoms with Crippen LogP contribution in [0.5, 0.6) is 0 Å². The van der Waals surface area contributed by atoms with Gasteiger partial charge in [-0.25, -0.2) is 0 Å². The molecule has 0 saturated carbocycles. The van der Waals surface area contributed by atoms with E-state index in [1.54, 1.807) is 7.11 Å². The molecule has 0 aromatic carbocycles. The van der Waals surface area contributed by atoms with Gasteiger partial charge in [-0.05, 0) is 43.5 Å². The molecule has 1 aromatic rings. The number of methoxy groups -OCH3 is 1. The highest BCUT2D eigenvalue weighted by Crippen LogP contribution is 2.33. The number of likely N-dealkylation sites (tertiary alicyclic amines) is 1. The molecule has 19 heavy (non-hydrogen) atoms. The second-order valence-corrected chi connectivity index (χ2v) is 5.57. The highest BCUT2D eigenvalue weighted by molar-refractivity contribution is 5.09. The maximum atomic E-state index is 9.76. The molecule has 1 saturated heterocycles. The summed E-state index contributed by atoms with van der Waals surface area (Å²) in [5.74, 6) is 0. The molecule has 1 aromatic heterocycles. The van der Waals surface area contributed by atoms with Gasteiger partial charge in [-0.3, -0.25) is 9.88 Å². The van der Waals surface area contributed by atoms with E-state index in [0.717, 1.165) is 45.5 Å². The molecule has 1 fully saturated rings. The molecule has 106 valence electrons. The number of rotatable bonds is 6. The van der Waals surface area contributed by atoms with Crippen molar-refractivity contribution in [3.63, 3.8) is 0 Å². The zero-order valence-electron chi connectivity index (χ0n) is 11.7. The quantitative estimate of drug-likeness (QED) is 0.849. The average molecular weight is 264 g/mol. The SMILES string of the molecule is COCC[C@]1(CO)CCCN(Cc2ccncc2)C1. The Morgan fingerprint density at radius 1 is 1.42 bits per heavy atom. The van der Waals surface area contributed by atoms with E-state index in [9.17, 15) is 5.11 Å². The first-order valence-electron chi connectivity index (χ1n) is 6.99. The summed E-state index contributed by atoms with van der Waals surface area (Å²) < 4.78 is 5.19. The molecule has 1 atom stereocenters. The third-order valence-electron chi connectivity index (χ3n) is 4.07. The third-order valence-corrected chi connectivity index (χ3v) is 4.07. The van der Waals surface area contributed by atoms with Crippen LogP contribution in [0.15, 0.2) is 24.5 Å². The van der Waals surface area contributed by atoms with Crippen molar-refractivity contribution in [1.82, 2.24) is 9.88 Å². The normalized spacial score (nSPS) is 24.5. The number of ether oxygens (including phenoxy) is 1. The van der Waals surface area contributed by atoms with Crippen molar-refractivity contribution in [1.29, 1.82) is 0 Å². The van der Waals surface area contributed by atoms with Crippen molar-refractivity contribution in [3.8, 4) is 0 Å². The van der Waals surface area contributed by atoms with E-state index in [4.69, 9.17) is 4.74 Å². The van der Waals surface area contributed by atoms with Crippen LogP contribution in [0.2, 0.25) is 0 Å². The van der Waals surface area contributed by atoms with Gasteiger partial charge in [0.2, 0.25) is 0 Å². The number of aliphatic hydroxyl groups is 1. The van der Waals surface area contributed by atoms with Crippen molar-refractivity contribution >= 4 is 0 Å². The second-order valence-electron chi connectivity index (χ2n) is 5.57. The van der Waals surface area contributed by atoms with Crippen LogP contribution in [0.3, 0.4) is 0 Å². The first kappa shape index (κ1) is 14.4. The highest BCUT2D eigenvalue weighted by Gasteiger charge is 2.34. The summed E-state index contributed by atoms with van der Waals surface area (Å²) in [6, 6.07) is 4.12. The summed E-state index contributed by atoms with van der Waals surface area (Å²) in [6.45, 7) is 3.98. The van der Waals surface area contributed by atoms with Gasteiger partial charge in [0.15, 0.2) is 0 Å². The van der Waals surface area contributed by atoms with Gasteiger partial charge in [-0.2, -0.15) is 0 Å². The van der Waals surface area contributed by atoms with Gasteiger partial charge in [0.25, 0.3) is 0 Å². The number of hydrogen-bond donors (Lipinski definition) is 1. The molecule has 0 unspecified atom stereocenters. The molecule has 4 heteroatoms. The smallest absolute Gasteiger partial charge is 0.0500 e. The maximum Gasteiger partial charge on any atom is 0.0500 e. The monoisotopic (exact) mass is 264 g/mol. The second kappa shape index (κ2) is 6.98. The Morgan fingerprint density at radius 3 is 2.89 bits per heavy atom. The molecule has 4 nitrogen and oxygen atoms in total. The van der Waals surface area contributed by atoms with Crippen LogP contribution >= 0.6 is 0 Å². The van der Waals surface area contributed by atoms with Crippen LogP contribution in [0.25, 0.3) is 0 Å². The summed E-state index contributed by atoms with van der Waals surface area (Å²) in [5.41, 5.74) is 1.30. The van der Waals surface area contributed by atoms with Crippen molar-refractivity contribution in [3.05, 3.63) is 30.1 Å². The van der Waals surface area contributed by atoms with Crippen LogP contribution in [0.1, 0.15) is 24.8 Å². The lowest BCUT2D eigenvalue weighted by atomic mass is 9.78. The Kier molecular flexibility index (Phi) is 5.31. The van der Waals surface area contributed by atoms with Crippen molar-refractivity contribution in [2.24, 2.45) is 5.41 Å². The molecule has 1 aliphatic heterocycles. The molecule has 0 bridgehead atoms. The Balaban J connectivity index is 1.95. The zero-order chi connectivity index (χ0) is 13.6. The minimum Gasteiger partial charge on any atom is -0.396 e. The lowest BCUT2D eigenvalue weighted by molar-refractivity contribution is 0.00475. The molecule has 0 radical (unpaired) electrons. The van der Waals surface area contributed by atoms with E-state index in [-0.39, 0.29) is 12.0 Å². The maximum absolute atomic E-state index is 9.76. The molecule has 1 N–H and O–H groups in total. The minimum atomic E-state index is 0.0152. The van der Waals surface area contributed by atoms with Gasteiger partial charge in [-0.15, -0.1) is 0 Å². The van der Waals surface area contributed by atoms with Crippen LogP contribution in [0.4, 0.5) is 0 Å². The topological polar surface area (TPSA) is 45.6 Å². The molecular weight excluding hydrogens is 240 g/mol. The summed E-state index contributed by atoms with van der Waals surface area (Å²) >= 11 is 0. The first-order chi connectivity index (χ1) is 9.28. The number of pyridine rings is 1. The lowest BCUT2D eigenvalue weighted by Gasteiger charge is -2.42. The van der Waals surface area contributed by atoms with Crippen LogP contribution < -0.4 is 0 Å². The molecular formula is C15H24N2O2. The fourth-order valence-corrected chi connectivity index (χ4v) is 2.92. The molecule has 1 aliphatic rings. The minimum absolute atomic E-state index is 0.0152. The largest absolute Gasteiger partial charge is 0.396 e. The van der Waals surface area contributed by atoms with Gasteiger partial charge in [0.05, 0.1) is 6.61 Å². The van der Waals surface area contributed by atoms with Gasteiger partial charge in [-0.1, -0.05) is 0 Å². The Morgan fingerprint density at radius 2 is 2.21 bits per heavy atom. The standard InChI is InChI=1S/C15H24N2O2/c1-19-10-6-15(13-18)5-2-9-17(12-15)11-14-3-7-16-8-4-14/h3-4,7-8,18H,2,5-6,9-13H2,1H3/t15-/m1/s1. The molecule has 0 amide bonds. The number of hydrogen-bond acceptors (Lipinski definition) is 4. The fourth-order valence-electron chi connectivity index (χ4n) is 2.92. The van der Waals surface area contributed by atoms with E-state index in [1.165, 1.54) is 5.56 Å². The van der Waals surface area contributed by atoms with Crippen molar-refractivity contribution < 1.29 is 9.84 Å². The van der Waals surface area contributed by atoms with E-state index in [1.807, 2.05) is 12.4 Å². The first-order valence-corrected chi connectivity index (χ1v) is 6.99. The predicted octanol–water partition coefficient (Wildman–Crippen LogP) is 1.69. The third kappa shape index (κ3) is 4.00. The van der Waals surface area contributed by atoms with Crippen LogP contribution in [-0.2, 0) is 11.3 Å². The Hall–Kier alpha value is -0.970.